The van der Waals surface area contributed by atoms with Gasteiger partial charge in [-0.1, -0.05) is 19.8 Å². The van der Waals surface area contributed by atoms with Crippen molar-refractivity contribution >= 4 is 0 Å². The van der Waals surface area contributed by atoms with Crippen LogP contribution in [0.2, 0.25) is 0 Å². The first-order valence-electron chi connectivity index (χ1n) is 5.68. The van der Waals surface area contributed by atoms with Crippen molar-refractivity contribution in [2.24, 2.45) is 11.7 Å². The Morgan fingerprint density at radius 3 is 2.69 bits per heavy atom. The lowest BCUT2D eigenvalue weighted by molar-refractivity contribution is 0.262. The van der Waals surface area contributed by atoms with E-state index in [1.54, 1.807) is 0 Å². The van der Waals surface area contributed by atoms with Crippen LogP contribution in [0.25, 0.3) is 0 Å². The van der Waals surface area contributed by atoms with Gasteiger partial charge in [-0.05, 0) is 38.8 Å². The van der Waals surface area contributed by atoms with Gasteiger partial charge >= 0.3 is 0 Å². The summed E-state index contributed by atoms with van der Waals surface area (Å²) in [6, 6.07) is 0.476. The molecule has 0 bridgehead atoms. The lowest BCUT2D eigenvalue weighted by Crippen LogP contribution is -2.34. The molecule has 1 aliphatic carbocycles. The molecule has 78 valence electrons. The van der Waals surface area contributed by atoms with Gasteiger partial charge in [0.15, 0.2) is 0 Å². The Labute approximate surface area is 82.5 Å². The summed E-state index contributed by atoms with van der Waals surface area (Å²) in [7, 11) is 2.22. The van der Waals surface area contributed by atoms with Gasteiger partial charge in [-0.2, -0.15) is 0 Å². The molecule has 1 saturated carbocycles. The third kappa shape index (κ3) is 3.65. The zero-order valence-electron chi connectivity index (χ0n) is 9.13. The van der Waals surface area contributed by atoms with Crippen molar-refractivity contribution < 1.29 is 0 Å². The summed E-state index contributed by atoms with van der Waals surface area (Å²) in [5, 5.41) is 0. The van der Waals surface area contributed by atoms with Gasteiger partial charge in [0.25, 0.3) is 0 Å². The Balaban J connectivity index is 2.15. The number of hydrogen-bond acceptors (Lipinski definition) is 2. The number of nitrogens with two attached hydrogens (primary N) is 1. The molecule has 0 aromatic carbocycles. The van der Waals surface area contributed by atoms with Gasteiger partial charge in [-0.15, -0.1) is 0 Å². The Morgan fingerprint density at radius 1 is 1.38 bits per heavy atom. The van der Waals surface area contributed by atoms with E-state index in [1.165, 1.54) is 45.2 Å². The molecular formula is C11H24N2. The predicted molar refractivity (Wildman–Crippen MR) is 57.7 cm³/mol. The van der Waals surface area contributed by atoms with Crippen molar-refractivity contribution in [3.05, 3.63) is 0 Å². The molecule has 0 aliphatic heterocycles. The summed E-state index contributed by atoms with van der Waals surface area (Å²) < 4.78 is 0. The van der Waals surface area contributed by atoms with E-state index in [-0.39, 0.29) is 0 Å². The van der Waals surface area contributed by atoms with Crippen LogP contribution in [-0.4, -0.2) is 31.1 Å². The Bertz CT molecular complexity index is 136. The highest BCUT2D eigenvalue weighted by Gasteiger charge is 2.24. The highest BCUT2D eigenvalue weighted by Crippen LogP contribution is 2.24. The smallest absolute Gasteiger partial charge is 0.00793 e. The largest absolute Gasteiger partial charge is 0.327 e. The minimum Gasteiger partial charge on any atom is -0.327 e. The Kier molecular flexibility index (Phi) is 4.74. The molecule has 2 nitrogen and oxygen atoms in total. The lowest BCUT2D eigenvalue weighted by Gasteiger charge is -2.23. The maximum atomic E-state index is 6.03. The predicted octanol–water partition coefficient (Wildman–Crippen LogP) is 1.85. The molecule has 0 radical (unpaired) electrons. The lowest BCUT2D eigenvalue weighted by atomic mass is 10.0. The van der Waals surface area contributed by atoms with Crippen molar-refractivity contribution in [3.63, 3.8) is 0 Å². The fourth-order valence-electron chi connectivity index (χ4n) is 2.21. The number of nitrogens with zero attached hydrogens (tertiary/aromatic N) is 1. The maximum absolute atomic E-state index is 6.03. The van der Waals surface area contributed by atoms with E-state index in [0.717, 1.165) is 5.92 Å². The van der Waals surface area contributed by atoms with Crippen molar-refractivity contribution in [1.29, 1.82) is 0 Å². The molecule has 2 N–H and O–H groups in total. The minimum absolute atomic E-state index is 0.476. The van der Waals surface area contributed by atoms with Gasteiger partial charge in [0.1, 0.15) is 0 Å². The van der Waals surface area contributed by atoms with Crippen molar-refractivity contribution in [2.75, 3.05) is 20.1 Å². The summed E-state index contributed by atoms with van der Waals surface area (Å²) in [6.07, 6.45) is 6.54. The summed E-state index contributed by atoms with van der Waals surface area (Å²) in [5.41, 5.74) is 6.03. The van der Waals surface area contributed by atoms with Gasteiger partial charge in [0.2, 0.25) is 0 Å². The molecule has 0 heterocycles. The highest BCUT2D eigenvalue weighted by molar-refractivity contribution is 4.81. The molecule has 0 saturated heterocycles. The quantitative estimate of drug-likeness (QED) is 0.706. The molecule has 0 amide bonds. The van der Waals surface area contributed by atoms with E-state index in [0.29, 0.717) is 6.04 Å². The standard InChI is InChI=1S/C11H24N2/c1-3-4-8-13(2)9-10-6-5-7-11(10)12/h10-11H,3-9,12H2,1-2H3. The SMILES string of the molecule is CCCCN(C)CC1CCCC1N. The van der Waals surface area contributed by atoms with Gasteiger partial charge < -0.3 is 10.6 Å². The van der Waals surface area contributed by atoms with Crippen LogP contribution >= 0.6 is 0 Å². The monoisotopic (exact) mass is 184 g/mol. The van der Waals surface area contributed by atoms with E-state index < -0.39 is 0 Å². The third-order valence-electron chi connectivity index (χ3n) is 3.16. The molecule has 2 unspecified atom stereocenters. The van der Waals surface area contributed by atoms with Crippen molar-refractivity contribution in [3.8, 4) is 0 Å². The summed E-state index contributed by atoms with van der Waals surface area (Å²) >= 11 is 0. The van der Waals surface area contributed by atoms with E-state index in [1.807, 2.05) is 0 Å². The Morgan fingerprint density at radius 2 is 2.15 bits per heavy atom. The van der Waals surface area contributed by atoms with Crippen LogP contribution in [0, 0.1) is 5.92 Å². The average molecular weight is 184 g/mol. The number of rotatable bonds is 5. The topological polar surface area (TPSA) is 29.3 Å². The molecule has 1 aliphatic rings. The molecule has 13 heavy (non-hydrogen) atoms. The van der Waals surface area contributed by atoms with Crippen molar-refractivity contribution in [1.82, 2.24) is 4.90 Å². The zero-order chi connectivity index (χ0) is 9.68. The van der Waals surface area contributed by atoms with Crippen LogP contribution in [0.4, 0.5) is 0 Å². The number of unbranched alkanes of at least 4 members (excludes halogenated alkanes) is 1. The number of hydrogen-bond donors (Lipinski definition) is 1. The van der Waals surface area contributed by atoms with Crippen LogP contribution in [0.1, 0.15) is 39.0 Å². The van der Waals surface area contributed by atoms with Crippen LogP contribution in [-0.2, 0) is 0 Å². The minimum atomic E-state index is 0.476. The first-order valence-corrected chi connectivity index (χ1v) is 5.68. The van der Waals surface area contributed by atoms with Gasteiger partial charge in [0, 0.05) is 12.6 Å². The summed E-state index contributed by atoms with van der Waals surface area (Å²) in [4.78, 5) is 2.44. The molecule has 0 aromatic rings. The molecular weight excluding hydrogens is 160 g/mol. The Hall–Kier alpha value is -0.0800. The van der Waals surface area contributed by atoms with Crippen LogP contribution < -0.4 is 5.73 Å². The summed E-state index contributed by atoms with van der Waals surface area (Å²) in [6.45, 7) is 4.69. The molecule has 1 fully saturated rings. The molecule has 2 heteroatoms. The first kappa shape index (κ1) is 11.0. The summed E-state index contributed by atoms with van der Waals surface area (Å²) in [5.74, 6) is 0.766. The highest BCUT2D eigenvalue weighted by atomic mass is 15.1. The molecule has 2 atom stereocenters. The zero-order valence-corrected chi connectivity index (χ0v) is 9.13. The molecule has 1 rings (SSSR count). The van der Waals surface area contributed by atoms with Crippen LogP contribution in [0.3, 0.4) is 0 Å². The van der Waals surface area contributed by atoms with E-state index in [2.05, 4.69) is 18.9 Å². The normalized spacial score (nSPS) is 28.6. The van der Waals surface area contributed by atoms with Crippen LogP contribution in [0.15, 0.2) is 0 Å². The van der Waals surface area contributed by atoms with Gasteiger partial charge in [-0.25, -0.2) is 0 Å². The van der Waals surface area contributed by atoms with Crippen LogP contribution in [0.5, 0.6) is 0 Å². The second-order valence-corrected chi connectivity index (χ2v) is 4.47. The fourth-order valence-corrected chi connectivity index (χ4v) is 2.21. The first-order chi connectivity index (χ1) is 6.24. The van der Waals surface area contributed by atoms with Crippen molar-refractivity contribution in [2.45, 2.75) is 45.1 Å². The van der Waals surface area contributed by atoms with E-state index >= 15 is 0 Å². The van der Waals surface area contributed by atoms with Gasteiger partial charge in [0.05, 0.1) is 0 Å². The van der Waals surface area contributed by atoms with E-state index in [9.17, 15) is 0 Å². The second kappa shape index (κ2) is 5.61. The van der Waals surface area contributed by atoms with E-state index in [4.69, 9.17) is 5.73 Å². The molecule has 0 aromatic heterocycles. The second-order valence-electron chi connectivity index (χ2n) is 4.47. The maximum Gasteiger partial charge on any atom is 0.00793 e. The third-order valence-corrected chi connectivity index (χ3v) is 3.16. The fraction of sp³-hybridized carbons (Fsp3) is 1.00. The average Bonchev–Trinajstić information content (AvgIpc) is 2.48. The molecule has 0 spiro atoms. The van der Waals surface area contributed by atoms with Gasteiger partial charge in [-0.3, -0.25) is 0 Å².